The van der Waals surface area contributed by atoms with Crippen molar-refractivity contribution in [1.29, 1.82) is 0 Å². The van der Waals surface area contributed by atoms with E-state index in [0.29, 0.717) is 22.9 Å². The lowest BCUT2D eigenvalue weighted by Crippen LogP contribution is -2.31. The van der Waals surface area contributed by atoms with Crippen LogP contribution in [-0.4, -0.2) is 48.0 Å². The van der Waals surface area contributed by atoms with Crippen LogP contribution in [-0.2, 0) is 12.8 Å². The van der Waals surface area contributed by atoms with Gasteiger partial charge in [0.25, 0.3) is 0 Å². The third kappa shape index (κ3) is 5.28. The van der Waals surface area contributed by atoms with Crippen LogP contribution in [0.3, 0.4) is 0 Å². The van der Waals surface area contributed by atoms with Crippen LogP contribution in [0.25, 0.3) is 11.1 Å². The van der Waals surface area contributed by atoms with Crippen LogP contribution >= 0.6 is 0 Å². The molecular weight excluding hydrogens is 490 g/mol. The van der Waals surface area contributed by atoms with Gasteiger partial charge in [-0.3, -0.25) is 4.79 Å². The number of rotatable bonds is 9. The number of para-hydroxylation sites is 1. The Bertz CT molecular complexity index is 1390. The summed E-state index contributed by atoms with van der Waals surface area (Å²) in [4.78, 5) is 15.9. The van der Waals surface area contributed by atoms with Gasteiger partial charge in [0.1, 0.15) is 0 Å². The molecule has 0 spiro atoms. The van der Waals surface area contributed by atoms with Gasteiger partial charge in [0, 0.05) is 36.9 Å². The third-order valence-electron chi connectivity index (χ3n) is 8.01. The first-order valence-corrected chi connectivity index (χ1v) is 13.8. The SMILES string of the molecule is CN[C@H]1CCc2cc(OC)c(OC)c(OC)c2-c2ccc(NCCCN3CCCc4ccccc43)c(=O)cc21. The lowest BCUT2D eigenvalue weighted by Gasteiger charge is -2.31. The van der Waals surface area contributed by atoms with Gasteiger partial charge < -0.3 is 29.7 Å². The molecule has 1 aliphatic heterocycles. The lowest BCUT2D eigenvalue weighted by molar-refractivity contribution is 0.324. The fourth-order valence-electron chi connectivity index (χ4n) is 6.10. The fourth-order valence-corrected chi connectivity index (χ4v) is 6.10. The molecule has 39 heavy (non-hydrogen) atoms. The van der Waals surface area contributed by atoms with Crippen molar-refractivity contribution in [1.82, 2.24) is 5.32 Å². The molecule has 0 unspecified atom stereocenters. The van der Waals surface area contributed by atoms with Crippen molar-refractivity contribution in [3.05, 3.63) is 75.4 Å². The Morgan fingerprint density at radius 3 is 2.54 bits per heavy atom. The van der Waals surface area contributed by atoms with Crippen molar-refractivity contribution in [3.8, 4) is 28.4 Å². The fraction of sp³-hybridized carbons (Fsp3) is 0.406. The van der Waals surface area contributed by atoms with Crippen molar-refractivity contribution in [3.63, 3.8) is 0 Å². The summed E-state index contributed by atoms with van der Waals surface area (Å²) in [6.45, 7) is 2.77. The Balaban J connectivity index is 1.43. The highest BCUT2D eigenvalue weighted by Crippen LogP contribution is 2.50. The smallest absolute Gasteiger partial charge is 0.203 e. The van der Waals surface area contributed by atoms with Crippen LogP contribution in [0.4, 0.5) is 11.4 Å². The second-order valence-electron chi connectivity index (χ2n) is 10.2. The Morgan fingerprint density at radius 2 is 1.77 bits per heavy atom. The molecule has 2 N–H and O–H groups in total. The van der Waals surface area contributed by atoms with Crippen molar-refractivity contribution >= 4 is 11.4 Å². The summed E-state index contributed by atoms with van der Waals surface area (Å²) in [5.41, 5.74) is 7.37. The maximum Gasteiger partial charge on any atom is 0.203 e. The molecule has 206 valence electrons. The summed E-state index contributed by atoms with van der Waals surface area (Å²) in [5.74, 6) is 1.82. The summed E-state index contributed by atoms with van der Waals surface area (Å²) in [6, 6.07) is 16.5. The van der Waals surface area contributed by atoms with Gasteiger partial charge in [-0.05, 0) is 85.7 Å². The number of benzene rings is 2. The van der Waals surface area contributed by atoms with E-state index in [1.165, 1.54) is 17.7 Å². The zero-order valence-electron chi connectivity index (χ0n) is 23.4. The molecule has 0 amide bonds. The van der Waals surface area contributed by atoms with Crippen LogP contribution in [0.15, 0.2) is 53.3 Å². The molecule has 1 heterocycles. The number of nitrogens with zero attached hydrogens (tertiary/aromatic N) is 1. The Labute approximate surface area is 231 Å². The Hall–Kier alpha value is -3.71. The van der Waals surface area contributed by atoms with Gasteiger partial charge in [0.15, 0.2) is 11.5 Å². The quantitative estimate of drug-likeness (QED) is 0.369. The van der Waals surface area contributed by atoms with Crippen molar-refractivity contribution in [2.24, 2.45) is 0 Å². The molecule has 7 heteroatoms. The number of fused-ring (bicyclic) bond motifs is 4. The monoisotopic (exact) mass is 529 g/mol. The van der Waals surface area contributed by atoms with E-state index in [-0.39, 0.29) is 11.5 Å². The third-order valence-corrected chi connectivity index (χ3v) is 8.01. The summed E-state index contributed by atoms with van der Waals surface area (Å²) in [7, 11) is 6.84. The molecule has 1 atom stereocenters. The van der Waals surface area contributed by atoms with Crippen LogP contribution in [0.1, 0.15) is 42.0 Å². The summed E-state index contributed by atoms with van der Waals surface area (Å²) >= 11 is 0. The number of methoxy groups -OCH3 is 3. The van der Waals surface area contributed by atoms with E-state index in [1.54, 1.807) is 27.4 Å². The van der Waals surface area contributed by atoms with Crippen molar-refractivity contribution < 1.29 is 14.2 Å². The van der Waals surface area contributed by atoms with E-state index in [9.17, 15) is 4.79 Å². The van der Waals surface area contributed by atoms with Gasteiger partial charge in [-0.2, -0.15) is 0 Å². The van der Waals surface area contributed by atoms with E-state index < -0.39 is 0 Å². The van der Waals surface area contributed by atoms with Gasteiger partial charge in [-0.25, -0.2) is 0 Å². The maximum atomic E-state index is 13.4. The van der Waals surface area contributed by atoms with Gasteiger partial charge in [0.05, 0.1) is 27.0 Å². The molecule has 3 aromatic carbocycles. The van der Waals surface area contributed by atoms with Gasteiger partial charge in [-0.15, -0.1) is 0 Å². The van der Waals surface area contributed by atoms with Crippen LogP contribution in [0.5, 0.6) is 17.2 Å². The molecule has 0 saturated carbocycles. The topological polar surface area (TPSA) is 72.1 Å². The minimum Gasteiger partial charge on any atom is -0.493 e. The largest absolute Gasteiger partial charge is 0.493 e. The molecular formula is C32H39N3O4. The molecule has 0 saturated heterocycles. The minimum atomic E-state index is -0.0114. The standard InChI is InChI=1S/C32H39N3O4/c1-33-25-14-12-22-19-29(37-2)31(38-3)32(39-4)30(22)23-13-15-26(28(36)20-24(23)25)34-16-8-18-35-17-7-10-21-9-5-6-11-27(21)35/h5-6,9,11,13,15,19-20,25,33H,7-8,10,12,14,16-18H2,1-4H3,(H,34,36)/t25-/m0/s1. The average Bonchev–Trinajstić information content (AvgIpc) is 3.22. The number of anilines is 2. The minimum absolute atomic E-state index is 0.0114. The predicted molar refractivity (Wildman–Crippen MR) is 158 cm³/mol. The Morgan fingerprint density at radius 1 is 0.949 bits per heavy atom. The van der Waals surface area contributed by atoms with Gasteiger partial charge in [-0.1, -0.05) is 24.3 Å². The highest BCUT2D eigenvalue weighted by atomic mass is 16.5. The first-order valence-electron chi connectivity index (χ1n) is 13.8. The summed E-state index contributed by atoms with van der Waals surface area (Å²) < 4.78 is 17.2. The summed E-state index contributed by atoms with van der Waals surface area (Å²) in [5, 5.41) is 6.84. The first kappa shape index (κ1) is 26.9. The van der Waals surface area contributed by atoms with E-state index in [2.05, 4.69) is 39.8 Å². The van der Waals surface area contributed by atoms with E-state index in [4.69, 9.17) is 14.2 Å². The average molecular weight is 530 g/mol. The number of hydrogen-bond donors (Lipinski definition) is 2. The van der Waals surface area contributed by atoms with Gasteiger partial charge >= 0.3 is 0 Å². The lowest BCUT2D eigenvalue weighted by atomic mass is 9.95. The van der Waals surface area contributed by atoms with Crippen LogP contribution < -0.4 is 35.2 Å². The van der Waals surface area contributed by atoms with E-state index in [1.807, 2.05) is 25.2 Å². The number of ether oxygens (including phenoxy) is 3. The van der Waals surface area contributed by atoms with Crippen molar-refractivity contribution in [2.45, 2.75) is 38.1 Å². The highest BCUT2D eigenvalue weighted by Gasteiger charge is 2.28. The normalized spacial score (nSPS) is 15.9. The van der Waals surface area contributed by atoms with E-state index >= 15 is 0 Å². The first-order chi connectivity index (χ1) is 19.1. The molecule has 0 aromatic heterocycles. The maximum absolute atomic E-state index is 13.4. The molecule has 1 aliphatic carbocycles. The molecule has 0 radical (unpaired) electrons. The number of aryl methyl sites for hydroxylation is 2. The van der Waals surface area contributed by atoms with Crippen LogP contribution in [0, 0.1) is 0 Å². The number of hydrogen-bond acceptors (Lipinski definition) is 7. The molecule has 7 nitrogen and oxygen atoms in total. The van der Waals surface area contributed by atoms with Crippen LogP contribution in [0.2, 0.25) is 0 Å². The Kier molecular flexibility index (Phi) is 8.27. The molecule has 0 fully saturated rings. The second kappa shape index (κ2) is 12.0. The second-order valence-corrected chi connectivity index (χ2v) is 10.2. The molecule has 3 aromatic rings. The molecule has 2 aliphatic rings. The number of nitrogens with one attached hydrogen (secondary N) is 2. The van der Waals surface area contributed by atoms with Crippen molar-refractivity contribution in [2.75, 3.05) is 58.2 Å². The highest BCUT2D eigenvalue weighted by molar-refractivity contribution is 5.83. The van der Waals surface area contributed by atoms with E-state index in [0.717, 1.165) is 67.6 Å². The molecule has 5 rings (SSSR count). The van der Waals surface area contributed by atoms with Gasteiger partial charge in [0.2, 0.25) is 11.2 Å². The predicted octanol–water partition coefficient (Wildman–Crippen LogP) is 5.20. The zero-order valence-corrected chi connectivity index (χ0v) is 23.4. The zero-order chi connectivity index (χ0) is 27.4. The molecule has 0 bridgehead atoms. The summed E-state index contributed by atoms with van der Waals surface area (Å²) in [6.07, 6.45) is 4.94.